The normalized spacial score (nSPS) is 14.6. The summed E-state index contributed by atoms with van der Waals surface area (Å²) in [6.07, 6.45) is 2.04. The number of benzene rings is 2. The molecule has 25 heavy (non-hydrogen) atoms. The summed E-state index contributed by atoms with van der Waals surface area (Å²) >= 11 is 0. The lowest BCUT2D eigenvalue weighted by molar-refractivity contribution is -0.134. The number of hydrogen-bond donors (Lipinski definition) is 2. The van der Waals surface area contributed by atoms with Gasteiger partial charge in [0.2, 0.25) is 11.8 Å². The van der Waals surface area contributed by atoms with Crippen molar-refractivity contribution < 1.29 is 9.59 Å². The second kappa shape index (κ2) is 7.09. The maximum Gasteiger partial charge on any atom is 0.240 e. The first kappa shape index (κ1) is 17.2. The highest BCUT2D eigenvalue weighted by Crippen LogP contribution is 2.47. The number of aryl methyl sites for hydroxylation is 2. The minimum absolute atomic E-state index is 0.178. The molecule has 0 radical (unpaired) electrons. The average Bonchev–Trinajstić information content (AvgIpc) is 3.43. The zero-order valence-electron chi connectivity index (χ0n) is 14.8. The highest BCUT2D eigenvalue weighted by molar-refractivity contribution is 6.13. The molecule has 2 N–H and O–H groups in total. The molecule has 0 heterocycles. The van der Waals surface area contributed by atoms with Crippen molar-refractivity contribution in [3.8, 4) is 0 Å². The number of carbonyl (C=O) groups is 2. The van der Waals surface area contributed by atoms with Crippen LogP contribution in [0.4, 0.5) is 5.69 Å². The van der Waals surface area contributed by atoms with Crippen LogP contribution in [0.15, 0.2) is 48.5 Å². The summed E-state index contributed by atoms with van der Waals surface area (Å²) in [5.41, 5.74) is 3.17. The van der Waals surface area contributed by atoms with E-state index in [0.29, 0.717) is 19.4 Å². The molecule has 4 heteroatoms. The van der Waals surface area contributed by atoms with E-state index in [0.717, 1.165) is 28.8 Å². The number of para-hydroxylation sites is 1. The van der Waals surface area contributed by atoms with Crippen LogP contribution < -0.4 is 10.6 Å². The molecule has 0 aromatic heterocycles. The van der Waals surface area contributed by atoms with Crippen LogP contribution in [-0.4, -0.2) is 11.8 Å². The Morgan fingerprint density at radius 3 is 2.24 bits per heavy atom. The molecule has 1 aliphatic rings. The Morgan fingerprint density at radius 2 is 1.60 bits per heavy atom. The molecule has 3 rings (SSSR count). The molecular weight excluding hydrogens is 312 g/mol. The monoisotopic (exact) mass is 336 g/mol. The van der Waals surface area contributed by atoms with Crippen molar-refractivity contribution >= 4 is 17.5 Å². The lowest BCUT2D eigenvalue weighted by Gasteiger charge is -2.17. The van der Waals surface area contributed by atoms with Crippen molar-refractivity contribution in [2.24, 2.45) is 5.41 Å². The zero-order chi connectivity index (χ0) is 17.9. The Hall–Kier alpha value is -2.62. The third-order valence-corrected chi connectivity index (χ3v) is 4.97. The Labute approximate surface area is 148 Å². The quantitative estimate of drug-likeness (QED) is 0.792. The maximum atomic E-state index is 12.7. The van der Waals surface area contributed by atoms with Gasteiger partial charge < -0.3 is 10.6 Å². The molecule has 0 aliphatic heterocycles. The van der Waals surface area contributed by atoms with Gasteiger partial charge in [-0.1, -0.05) is 49.4 Å². The van der Waals surface area contributed by atoms with Gasteiger partial charge in [0.1, 0.15) is 5.41 Å². The van der Waals surface area contributed by atoms with Crippen LogP contribution in [0.5, 0.6) is 0 Å². The molecule has 0 unspecified atom stereocenters. The van der Waals surface area contributed by atoms with E-state index in [-0.39, 0.29) is 11.8 Å². The van der Waals surface area contributed by atoms with Crippen molar-refractivity contribution in [2.75, 3.05) is 5.32 Å². The van der Waals surface area contributed by atoms with Crippen LogP contribution >= 0.6 is 0 Å². The lowest BCUT2D eigenvalue weighted by atomic mass is 10.0. The highest BCUT2D eigenvalue weighted by atomic mass is 16.2. The van der Waals surface area contributed by atoms with Crippen molar-refractivity contribution in [1.82, 2.24) is 5.32 Å². The van der Waals surface area contributed by atoms with Crippen LogP contribution in [0.2, 0.25) is 0 Å². The van der Waals surface area contributed by atoms with Gasteiger partial charge in [0.25, 0.3) is 0 Å². The van der Waals surface area contributed by atoms with Gasteiger partial charge in [-0.25, -0.2) is 0 Å². The van der Waals surface area contributed by atoms with E-state index in [1.807, 2.05) is 62.4 Å². The molecule has 2 amide bonds. The largest absolute Gasteiger partial charge is 0.351 e. The van der Waals surface area contributed by atoms with Gasteiger partial charge in [-0.3, -0.25) is 9.59 Å². The van der Waals surface area contributed by atoms with Gasteiger partial charge in [-0.15, -0.1) is 0 Å². The third-order valence-electron chi connectivity index (χ3n) is 4.97. The third kappa shape index (κ3) is 3.58. The summed E-state index contributed by atoms with van der Waals surface area (Å²) in [5.74, 6) is -0.377. The predicted octanol–water partition coefficient (Wildman–Crippen LogP) is 3.59. The van der Waals surface area contributed by atoms with Crippen molar-refractivity contribution in [3.63, 3.8) is 0 Å². The highest BCUT2D eigenvalue weighted by Gasteiger charge is 2.56. The minimum atomic E-state index is -0.913. The molecule has 0 bridgehead atoms. The minimum Gasteiger partial charge on any atom is -0.351 e. The number of amides is 2. The summed E-state index contributed by atoms with van der Waals surface area (Å²) in [5, 5.41) is 5.89. The van der Waals surface area contributed by atoms with E-state index in [9.17, 15) is 9.59 Å². The van der Waals surface area contributed by atoms with E-state index in [4.69, 9.17) is 0 Å². The summed E-state index contributed by atoms with van der Waals surface area (Å²) in [6, 6.07) is 15.7. The summed E-state index contributed by atoms with van der Waals surface area (Å²) < 4.78 is 0. The van der Waals surface area contributed by atoms with E-state index in [1.165, 1.54) is 0 Å². The van der Waals surface area contributed by atoms with Gasteiger partial charge in [-0.05, 0) is 48.9 Å². The maximum absolute atomic E-state index is 12.7. The van der Waals surface area contributed by atoms with Crippen LogP contribution in [0.1, 0.15) is 36.5 Å². The lowest BCUT2D eigenvalue weighted by Crippen LogP contribution is -2.39. The van der Waals surface area contributed by atoms with Gasteiger partial charge in [0, 0.05) is 12.2 Å². The number of rotatable bonds is 6. The Balaban J connectivity index is 1.66. The van der Waals surface area contributed by atoms with Crippen molar-refractivity contribution in [1.29, 1.82) is 0 Å². The molecular formula is C21H24N2O2. The topological polar surface area (TPSA) is 58.2 Å². The molecule has 4 nitrogen and oxygen atoms in total. The number of nitrogens with one attached hydrogen (secondary N) is 2. The first-order valence-electron chi connectivity index (χ1n) is 8.79. The standard InChI is InChI=1S/C21H24N2O2/c1-3-16-9-6-7-11-18(16)23-20(25)21(12-13-21)19(24)22-14-17-10-5-4-8-15(17)2/h4-11H,3,12-14H2,1-2H3,(H,22,24)(H,23,25). The van der Waals surface area contributed by atoms with Gasteiger partial charge >= 0.3 is 0 Å². The molecule has 1 aliphatic carbocycles. The number of carbonyl (C=O) groups excluding carboxylic acids is 2. The molecule has 0 spiro atoms. The second-order valence-electron chi connectivity index (χ2n) is 6.66. The summed E-state index contributed by atoms with van der Waals surface area (Å²) in [6.45, 7) is 4.52. The fraction of sp³-hybridized carbons (Fsp3) is 0.333. The van der Waals surface area contributed by atoms with Crippen molar-refractivity contribution in [2.45, 2.75) is 39.7 Å². The van der Waals surface area contributed by atoms with E-state index in [1.54, 1.807) is 0 Å². The van der Waals surface area contributed by atoms with Gasteiger partial charge in [0.05, 0.1) is 0 Å². The molecule has 2 aromatic rings. The molecule has 2 aromatic carbocycles. The SMILES string of the molecule is CCc1ccccc1NC(=O)C1(C(=O)NCc2ccccc2C)CC1. The molecule has 130 valence electrons. The molecule has 1 fully saturated rings. The van der Waals surface area contributed by atoms with E-state index < -0.39 is 5.41 Å². The number of anilines is 1. The van der Waals surface area contributed by atoms with Gasteiger partial charge in [0.15, 0.2) is 0 Å². The first-order valence-corrected chi connectivity index (χ1v) is 8.79. The first-order chi connectivity index (χ1) is 12.1. The Bertz CT molecular complexity index is 794. The van der Waals surface area contributed by atoms with Crippen LogP contribution in [-0.2, 0) is 22.6 Å². The van der Waals surface area contributed by atoms with Crippen LogP contribution in [0.3, 0.4) is 0 Å². The summed E-state index contributed by atoms with van der Waals surface area (Å²) in [4.78, 5) is 25.3. The van der Waals surface area contributed by atoms with Crippen LogP contribution in [0, 0.1) is 12.3 Å². The Morgan fingerprint density at radius 1 is 0.960 bits per heavy atom. The fourth-order valence-electron chi connectivity index (χ4n) is 3.03. The zero-order valence-corrected chi connectivity index (χ0v) is 14.8. The predicted molar refractivity (Wildman–Crippen MR) is 99.1 cm³/mol. The van der Waals surface area contributed by atoms with E-state index in [2.05, 4.69) is 10.6 Å². The number of hydrogen-bond acceptors (Lipinski definition) is 2. The molecule has 0 saturated heterocycles. The van der Waals surface area contributed by atoms with Gasteiger partial charge in [-0.2, -0.15) is 0 Å². The van der Waals surface area contributed by atoms with Crippen molar-refractivity contribution in [3.05, 3.63) is 65.2 Å². The molecule has 1 saturated carbocycles. The second-order valence-corrected chi connectivity index (χ2v) is 6.66. The van der Waals surface area contributed by atoms with Crippen LogP contribution in [0.25, 0.3) is 0 Å². The Kier molecular flexibility index (Phi) is 4.88. The average molecular weight is 336 g/mol. The van der Waals surface area contributed by atoms with E-state index >= 15 is 0 Å². The smallest absolute Gasteiger partial charge is 0.240 e. The fourth-order valence-corrected chi connectivity index (χ4v) is 3.03. The molecule has 0 atom stereocenters. The summed E-state index contributed by atoms with van der Waals surface area (Å²) in [7, 11) is 0.